The summed E-state index contributed by atoms with van der Waals surface area (Å²) in [6.07, 6.45) is 5.55. The van der Waals surface area contributed by atoms with Crippen LogP contribution in [0.3, 0.4) is 0 Å². The molecular weight excluding hydrogens is 184 g/mol. The van der Waals surface area contributed by atoms with Crippen LogP contribution in [0.25, 0.3) is 0 Å². The van der Waals surface area contributed by atoms with Gasteiger partial charge in [0.1, 0.15) is 0 Å². The first-order valence-corrected chi connectivity index (χ1v) is 6.28. The van der Waals surface area contributed by atoms with E-state index in [4.69, 9.17) is 4.74 Å². The topological polar surface area (TPSA) is 9.23 Å². The van der Waals surface area contributed by atoms with E-state index >= 15 is 0 Å². The molecule has 1 unspecified atom stereocenters. The number of rotatable bonds is 6. The summed E-state index contributed by atoms with van der Waals surface area (Å²) in [5, 5.41) is 0. The molecule has 0 aliphatic rings. The lowest BCUT2D eigenvalue weighted by atomic mass is 9.70. The van der Waals surface area contributed by atoms with E-state index in [0.717, 1.165) is 0 Å². The van der Waals surface area contributed by atoms with Gasteiger partial charge in [-0.2, -0.15) is 0 Å². The van der Waals surface area contributed by atoms with Crippen molar-refractivity contribution in [3.8, 4) is 0 Å². The monoisotopic (exact) mass is 214 g/mol. The largest absolute Gasteiger partial charge is 0.380 e. The minimum Gasteiger partial charge on any atom is -0.380 e. The SMILES string of the molecule is CCCCCC(C)(C)C(OC)C(C)(C)C. The first-order chi connectivity index (χ1) is 6.75. The van der Waals surface area contributed by atoms with Crippen LogP contribution in [-0.4, -0.2) is 13.2 Å². The Kier molecular flexibility index (Phi) is 5.87. The van der Waals surface area contributed by atoms with Gasteiger partial charge in [0.05, 0.1) is 6.10 Å². The second kappa shape index (κ2) is 5.89. The molecule has 1 heteroatoms. The lowest BCUT2D eigenvalue weighted by Gasteiger charge is -2.42. The van der Waals surface area contributed by atoms with Crippen LogP contribution >= 0.6 is 0 Å². The van der Waals surface area contributed by atoms with E-state index < -0.39 is 0 Å². The highest BCUT2D eigenvalue weighted by molar-refractivity contribution is 4.87. The van der Waals surface area contributed by atoms with Crippen LogP contribution < -0.4 is 0 Å². The zero-order valence-corrected chi connectivity index (χ0v) is 11.8. The summed E-state index contributed by atoms with van der Waals surface area (Å²) in [5.74, 6) is 0. The Balaban J connectivity index is 4.38. The molecule has 0 saturated carbocycles. The number of unbranched alkanes of at least 4 members (excludes halogenated alkanes) is 2. The quantitative estimate of drug-likeness (QED) is 0.585. The smallest absolute Gasteiger partial charge is 0.0670 e. The Morgan fingerprint density at radius 3 is 1.87 bits per heavy atom. The van der Waals surface area contributed by atoms with E-state index in [9.17, 15) is 0 Å². The fourth-order valence-electron chi connectivity index (χ4n) is 2.81. The lowest BCUT2D eigenvalue weighted by Crippen LogP contribution is -2.41. The van der Waals surface area contributed by atoms with Crippen LogP contribution in [0.15, 0.2) is 0 Å². The molecule has 0 aliphatic carbocycles. The second-order valence-corrected chi connectivity index (χ2v) is 6.43. The maximum Gasteiger partial charge on any atom is 0.0670 e. The number of hydrogen-bond acceptors (Lipinski definition) is 1. The number of methoxy groups -OCH3 is 1. The van der Waals surface area contributed by atoms with E-state index in [1.54, 1.807) is 0 Å². The predicted octanol–water partition coefficient (Wildman–Crippen LogP) is 4.65. The van der Waals surface area contributed by atoms with Crippen LogP contribution in [0.1, 0.15) is 67.2 Å². The number of hydrogen-bond donors (Lipinski definition) is 0. The molecule has 0 radical (unpaired) electrons. The van der Waals surface area contributed by atoms with Crippen LogP contribution in [0.4, 0.5) is 0 Å². The standard InChI is InChI=1S/C14H30O/c1-8-9-10-11-14(5,6)12(15-7)13(2,3)4/h12H,8-11H2,1-7H3. The normalized spacial score (nSPS) is 15.4. The van der Waals surface area contributed by atoms with Gasteiger partial charge >= 0.3 is 0 Å². The summed E-state index contributed by atoms with van der Waals surface area (Å²) >= 11 is 0. The van der Waals surface area contributed by atoms with Crippen molar-refractivity contribution in [1.29, 1.82) is 0 Å². The molecule has 15 heavy (non-hydrogen) atoms. The maximum absolute atomic E-state index is 5.71. The Morgan fingerprint density at radius 1 is 1.00 bits per heavy atom. The molecule has 0 aromatic heterocycles. The molecule has 1 atom stereocenters. The first kappa shape index (κ1) is 15.0. The van der Waals surface area contributed by atoms with Gasteiger partial charge in [0.25, 0.3) is 0 Å². The van der Waals surface area contributed by atoms with Crippen molar-refractivity contribution in [2.24, 2.45) is 10.8 Å². The molecule has 92 valence electrons. The Labute approximate surface area is 96.6 Å². The van der Waals surface area contributed by atoms with E-state index in [-0.39, 0.29) is 10.8 Å². The van der Waals surface area contributed by atoms with Crippen molar-refractivity contribution in [2.45, 2.75) is 73.3 Å². The van der Waals surface area contributed by atoms with Gasteiger partial charge < -0.3 is 4.74 Å². The highest BCUT2D eigenvalue weighted by Gasteiger charge is 2.37. The minimum atomic E-state index is 0.227. The highest BCUT2D eigenvalue weighted by atomic mass is 16.5. The average Bonchev–Trinajstić information content (AvgIpc) is 2.01. The number of ether oxygens (including phenoxy) is 1. The maximum atomic E-state index is 5.71. The zero-order chi connectivity index (χ0) is 12.1. The minimum absolute atomic E-state index is 0.227. The van der Waals surface area contributed by atoms with Crippen molar-refractivity contribution in [3.05, 3.63) is 0 Å². The summed E-state index contributed by atoms with van der Waals surface area (Å²) in [7, 11) is 1.84. The molecule has 0 heterocycles. The van der Waals surface area contributed by atoms with Crippen LogP contribution in [0, 0.1) is 10.8 Å². The molecule has 0 aromatic carbocycles. The van der Waals surface area contributed by atoms with Crippen molar-refractivity contribution >= 4 is 0 Å². The van der Waals surface area contributed by atoms with Gasteiger partial charge in [-0.25, -0.2) is 0 Å². The van der Waals surface area contributed by atoms with Gasteiger partial charge in [0.2, 0.25) is 0 Å². The first-order valence-electron chi connectivity index (χ1n) is 6.28. The van der Waals surface area contributed by atoms with Gasteiger partial charge in [-0.3, -0.25) is 0 Å². The molecule has 0 saturated heterocycles. The summed E-state index contributed by atoms with van der Waals surface area (Å²) in [5.41, 5.74) is 0.507. The highest BCUT2D eigenvalue weighted by Crippen LogP contribution is 2.39. The van der Waals surface area contributed by atoms with E-state index in [1.165, 1.54) is 25.7 Å². The van der Waals surface area contributed by atoms with Crippen LogP contribution in [-0.2, 0) is 4.74 Å². The Hall–Kier alpha value is -0.0400. The predicted molar refractivity (Wildman–Crippen MR) is 68.2 cm³/mol. The molecule has 0 bridgehead atoms. The van der Waals surface area contributed by atoms with Gasteiger partial charge in [0.15, 0.2) is 0 Å². The van der Waals surface area contributed by atoms with Crippen LogP contribution in [0.5, 0.6) is 0 Å². The fourth-order valence-corrected chi connectivity index (χ4v) is 2.81. The van der Waals surface area contributed by atoms with Crippen molar-refractivity contribution < 1.29 is 4.74 Å². The molecule has 0 aromatic rings. The lowest BCUT2D eigenvalue weighted by molar-refractivity contribution is -0.0681. The van der Waals surface area contributed by atoms with Gasteiger partial charge in [-0.15, -0.1) is 0 Å². The van der Waals surface area contributed by atoms with Crippen molar-refractivity contribution in [2.75, 3.05) is 7.11 Å². The molecule has 0 amide bonds. The third-order valence-electron chi connectivity index (χ3n) is 3.16. The summed E-state index contributed by atoms with van der Waals surface area (Å²) in [6.45, 7) is 13.7. The van der Waals surface area contributed by atoms with E-state index in [1.807, 2.05) is 7.11 Å². The van der Waals surface area contributed by atoms with Crippen molar-refractivity contribution in [1.82, 2.24) is 0 Å². The summed E-state index contributed by atoms with van der Waals surface area (Å²) in [4.78, 5) is 0. The second-order valence-electron chi connectivity index (χ2n) is 6.43. The van der Waals surface area contributed by atoms with Crippen LogP contribution in [0.2, 0.25) is 0 Å². The molecule has 0 aliphatic heterocycles. The van der Waals surface area contributed by atoms with Crippen molar-refractivity contribution in [3.63, 3.8) is 0 Å². The Bertz CT molecular complexity index is 165. The molecule has 0 fully saturated rings. The molecule has 1 nitrogen and oxygen atoms in total. The molecular formula is C14H30O. The third kappa shape index (κ3) is 5.01. The third-order valence-corrected chi connectivity index (χ3v) is 3.16. The Morgan fingerprint density at radius 2 is 1.53 bits per heavy atom. The van der Waals surface area contributed by atoms with Gasteiger partial charge in [-0.1, -0.05) is 60.8 Å². The summed E-state index contributed by atoms with van der Waals surface area (Å²) < 4.78 is 5.71. The van der Waals surface area contributed by atoms with E-state index in [2.05, 4.69) is 41.5 Å². The summed E-state index contributed by atoms with van der Waals surface area (Å²) in [6, 6.07) is 0. The average molecular weight is 214 g/mol. The zero-order valence-electron chi connectivity index (χ0n) is 11.8. The molecule has 0 rings (SSSR count). The molecule has 0 N–H and O–H groups in total. The molecule has 0 spiro atoms. The van der Waals surface area contributed by atoms with Gasteiger partial charge in [0, 0.05) is 7.11 Å². The fraction of sp³-hybridized carbons (Fsp3) is 1.00. The van der Waals surface area contributed by atoms with E-state index in [0.29, 0.717) is 6.10 Å². The van der Waals surface area contributed by atoms with Gasteiger partial charge in [-0.05, 0) is 17.3 Å².